The van der Waals surface area contributed by atoms with Crippen LogP contribution in [0.3, 0.4) is 0 Å². The minimum Gasteiger partial charge on any atom is -0.310 e. The predicted octanol–water partition coefficient (Wildman–Crippen LogP) is 5.10. The molecule has 0 atom stereocenters. The van der Waals surface area contributed by atoms with Gasteiger partial charge >= 0.3 is 0 Å². The minimum absolute atomic E-state index is 0.0768. The molecule has 2 heterocycles. The van der Waals surface area contributed by atoms with E-state index in [-0.39, 0.29) is 5.91 Å². The number of nitrogens with one attached hydrogen (secondary N) is 1. The maximum atomic E-state index is 12.6. The molecule has 0 aliphatic rings. The number of anilines is 1. The largest absolute Gasteiger partial charge is 0.310 e. The summed E-state index contributed by atoms with van der Waals surface area (Å²) in [5.41, 5.74) is 5.33. The molecule has 0 radical (unpaired) electrons. The molecule has 0 aliphatic heterocycles. The maximum Gasteiger partial charge on any atom is 0.229 e. The van der Waals surface area contributed by atoms with Crippen molar-refractivity contribution in [2.45, 2.75) is 27.2 Å². The van der Waals surface area contributed by atoms with Crippen LogP contribution in [-0.2, 0) is 11.2 Å². The number of aromatic nitrogens is 3. The molecule has 0 unspecified atom stereocenters. The first-order valence-electron chi connectivity index (χ1n) is 9.42. The van der Waals surface area contributed by atoms with Gasteiger partial charge in [-0.15, -0.1) is 11.3 Å². The van der Waals surface area contributed by atoms with Crippen molar-refractivity contribution in [2.75, 3.05) is 5.32 Å². The Hall–Kier alpha value is -3.25. The number of aryl methyl sites for hydroxylation is 3. The van der Waals surface area contributed by atoms with Gasteiger partial charge in [0.2, 0.25) is 5.91 Å². The molecule has 0 saturated heterocycles. The van der Waals surface area contributed by atoms with Gasteiger partial charge in [0, 0.05) is 10.9 Å². The summed E-state index contributed by atoms with van der Waals surface area (Å²) < 4.78 is 1.89. The molecule has 1 N–H and O–H groups in total. The van der Waals surface area contributed by atoms with Gasteiger partial charge in [-0.3, -0.25) is 9.36 Å². The van der Waals surface area contributed by atoms with Crippen LogP contribution in [0.1, 0.15) is 22.5 Å². The maximum absolute atomic E-state index is 12.6. The highest BCUT2D eigenvalue weighted by atomic mass is 32.1. The zero-order chi connectivity index (χ0) is 20.4. The SMILES string of the molecule is Cc1ccc(-c2csc(-n3c(NC(=O)Cc4cccc(C)c4)cnc3C)n2)cc1. The smallest absolute Gasteiger partial charge is 0.229 e. The molecule has 1 amide bonds. The van der Waals surface area contributed by atoms with Crippen LogP contribution in [0.2, 0.25) is 0 Å². The van der Waals surface area contributed by atoms with Gasteiger partial charge in [0.15, 0.2) is 5.13 Å². The number of carbonyl (C=O) groups is 1. The predicted molar refractivity (Wildman–Crippen MR) is 118 cm³/mol. The highest BCUT2D eigenvalue weighted by molar-refractivity contribution is 7.12. The van der Waals surface area contributed by atoms with Gasteiger partial charge in [-0.1, -0.05) is 59.7 Å². The number of imidazole rings is 1. The van der Waals surface area contributed by atoms with Crippen molar-refractivity contribution < 1.29 is 4.79 Å². The molecule has 2 aromatic carbocycles. The summed E-state index contributed by atoms with van der Waals surface area (Å²) >= 11 is 1.53. The number of thiazole rings is 1. The van der Waals surface area contributed by atoms with Crippen molar-refractivity contribution in [1.29, 1.82) is 0 Å². The van der Waals surface area contributed by atoms with Crippen molar-refractivity contribution in [2.24, 2.45) is 0 Å². The zero-order valence-corrected chi connectivity index (χ0v) is 17.5. The molecule has 0 bridgehead atoms. The molecule has 0 fully saturated rings. The number of nitrogens with zero attached hydrogens (tertiary/aromatic N) is 3. The molecule has 0 aliphatic carbocycles. The number of amides is 1. The van der Waals surface area contributed by atoms with Gasteiger partial charge in [-0.2, -0.15) is 0 Å². The Bertz CT molecular complexity index is 1160. The van der Waals surface area contributed by atoms with Gasteiger partial charge in [0.1, 0.15) is 11.6 Å². The molecule has 4 rings (SSSR count). The average molecular weight is 403 g/mol. The van der Waals surface area contributed by atoms with E-state index in [1.807, 2.05) is 48.1 Å². The summed E-state index contributed by atoms with van der Waals surface area (Å²) in [5.74, 6) is 1.33. The van der Waals surface area contributed by atoms with Crippen molar-refractivity contribution in [3.8, 4) is 16.4 Å². The molecule has 6 heteroatoms. The lowest BCUT2D eigenvalue weighted by atomic mass is 10.1. The quantitative estimate of drug-likeness (QED) is 0.505. The zero-order valence-electron chi connectivity index (χ0n) is 16.6. The Balaban J connectivity index is 1.56. The lowest BCUT2D eigenvalue weighted by Crippen LogP contribution is -2.17. The lowest BCUT2D eigenvalue weighted by molar-refractivity contribution is -0.115. The number of rotatable bonds is 5. The van der Waals surface area contributed by atoms with Gasteiger partial charge in [-0.25, -0.2) is 9.97 Å². The molecule has 29 heavy (non-hydrogen) atoms. The minimum atomic E-state index is -0.0768. The third-order valence-electron chi connectivity index (χ3n) is 4.68. The van der Waals surface area contributed by atoms with E-state index in [4.69, 9.17) is 4.98 Å². The van der Waals surface area contributed by atoms with Crippen molar-refractivity contribution in [3.63, 3.8) is 0 Å². The van der Waals surface area contributed by atoms with E-state index in [9.17, 15) is 4.79 Å². The van der Waals surface area contributed by atoms with Crippen LogP contribution in [0.25, 0.3) is 16.4 Å². The van der Waals surface area contributed by atoms with Crippen LogP contribution < -0.4 is 5.32 Å². The highest BCUT2D eigenvalue weighted by Gasteiger charge is 2.15. The number of hydrogen-bond donors (Lipinski definition) is 1. The van der Waals surface area contributed by atoms with Crippen molar-refractivity contribution >= 4 is 23.1 Å². The fourth-order valence-corrected chi connectivity index (χ4v) is 4.09. The van der Waals surface area contributed by atoms with E-state index in [1.54, 1.807) is 6.20 Å². The molecule has 2 aromatic heterocycles. The molecular formula is C23H22N4OS. The second-order valence-corrected chi connectivity index (χ2v) is 7.96. The topological polar surface area (TPSA) is 59.8 Å². The van der Waals surface area contributed by atoms with Gasteiger partial charge in [0.05, 0.1) is 18.3 Å². The van der Waals surface area contributed by atoms with E-state index < -0.39 is 0 Å². The Labute approximate surface area is 174 Å². The fourth-order valence-electron chi connectivity index (χ4n) is 3.19. The van der Waals surface area contributed by atoms with Gasteiger partial charge < -0.3 is 5.32 Å². The highest BCUT2D eigenvalue weighted by Crippen LogP contribution is 2.27. The van der Waals surface area contributed by atoms with Crippen LogP contribution in [0, 0.1) is 20.8 Å². The Morgan fingerprint density at radius 3 is 2.62 bits per heavy atom. The lowest BCUT2D eigenvalue weighted by Gasteiger charge is -2.09. The Morgan fingerprint density at radius 1 is 1.07 bits per heavy atom. The summed E-state index contributed by atoms with van der Waals surface area (Å²) in [5, 5.41) is 5.79. The molecule has 5 nitrogen and oxygen atoms in total. The van der Waals surface area contributed by atoms with E-state index in [0.717, 1.165) is 33.3 Å². The van der Waals surface area contributed by atoms with Gasteiger partial charge in [-0.05, 0) is 26.3 Å². The summed E-state index contributed by atoms with van der Waals surface area (Å²) in [6.07, 6.45) is 1.99. The molecule has 0 spiro atoms. The van der Waals surface area contributed by atoms with E-state index in [1.165, 1.54) is 16.9 Å². The first kappa shape index (κ1) is 19.1. The Kier molecular flexibility index (Phi) is 5.27. The number of hydrogen-bond acceptors (Lipinski definition) is 4. The van der Waals surface area contributed by atoms with Crippen LogP contribution >= 0.6 is 11.3 Å². The van der Waals surface area contributed by atoms with E-state index >= 15 is 0 Å². The second-order valence-electron chi connectivity index (χ2n) is 7.12. The van der Waals surface area contributed by atoms with E-state index in [2.05, 4.69) is 41.5 Å². The van der Waals surface area contributed by atoms with Gasteiger partial charge in [0.25, 0.3) is 0 Å². The number of carbonyl (C=O) groups excluding carboxylic acids is 1. The molecule has 0 saturated carbocycles. The molecule has 4 aromatic rings. The standard InChI is InChI=1S/C23H22N4OS/c1-15-7-9-19(10-8-15)20-14-29-23(25-20)27-17(3)24-13-21(27)26-22(28)12-18-6-4-5-16(2)11-18/h4-11,13-14H,12H2,1-3H3,(H,26,28). The normalized spacial score (nSPS) is 10.9. The molecule has 146 valence electrons. The Morgan fingerprint density at radius 2 is 1.86 bits per heavy atom. The van der Waals surface area contributed by atoms with Crippen LogP contribution in [0.15, 0.2) is 60.1 Å². The van der Waals surface area contributed by atoms with Crippen molar-refractivity contribution in [3.05, 3.63) is 82.6 Å². The van der Waals surface area contributed by atoms with Crippen LogP contribution in [-0.4, -0.2) is 20.4 Å². The van der Waals surface area contributed by atoms with Crippen molar-refractivity contribution in [1.82, 2.24) is 14.5 Å². The first-order chi connectivity index (χ1) is 14.0. The van der Waals surface area contributed by atoms with E-state index in [0.29, 0.717) is 12.2 Å². The third kappa shape index (κ3) is 4.27. The number of benzene rings is 2. The van der Waals surface area contributed by atoms with Crippen LogP contribution in [0.5, 0.6) is 0 Å². The molecular weight excluding hydrogens is 380 g/mol. The first-order valence-corrected chi connectivity index (χ1v) is 10.3. The second kappa shape index (κ2) is 8.01. The summed E-state index contributed by atoms with van der Waals surface area (Å²) in [6.45, 7) is 5.99. The summed E-state index contributed by atoms with van der Waals surface area (Å²) in [7, 11) is 0. The summed E-state index contributed by atoms with van der Waals surface area (Å²) in [6, 6.07) is 16.3. The third-order valence-corrected chi connectivity index (χ3v) is 5.51. The summed E-state index contributed by atoms with van der Waals surface area (Å²) in [4.78, 5) is 21.7. The fraction of sp³-hybridized carbons (Fsp3) is 0.174. The monoisotopic (exact) mass is 402 g/mol. The average Bonchev–Trinajstić information content (AvgIpc) is 3.29. The van der Waals surface area contributed by atoms with Crippen LogP contribution in [0.4, 0.5) is 5.82 Å².